The zero-order valence-corrected chi connectivity index (χ0v) is 11.4. The summed E-state index contributed by atoms with van der Waals surface area (Å²) < 4.78 is 1.32. The molecule has 1 atom stereocenters. The average Bonchev–Trinajstić information content (AvgIpc) is 2.04. The minimum Gasteiger partial charge on any atom is -0.0864 e. The summed E-state index contributed by atoms with van der Waals surface area (Å²) in [7, 11) is 0. The topological polar surface area (TPSA) is 0 Å². The third-order valence-electron chi connectivity index (χ3n) is 2.29. The number of allylic oxidation sites excluding steroid dienone is 2. The van der Waals surface area contributed by atoms with Crippen LogP contribution in [0.25, 0.3) is 0 Å². The fourth-order valence-electron chi connectivity index (χ4n) is 1.39. The van der Waals surface area contributed by atoms with Gasteiger partial charge in [-0.05, 0) is 43.5 Å². The second kappa shape index (κ2) is 9.04. The molecule has 0 heterocycles. The Bertz CT molecular complexity index is 134. The van der Waals surface area contributed by atoms with E-state index in [1.807, 2.05) is 0 Å². The number of hydrogen-bond donors (Lipinski definition) is 0. The van der Waals surface area contributed by atoms with Crippen molar-refractivity contribution >= 4 is 22.6 Å². The molecule has 13 heavy (non-hydrogen) atoms. The minimum absolute atomic E-state index is 0.915. The number of unbranched alkanes of at least 4 members (excludes halogenated alkanes) is 1. The molecule has 0 aliphatic carbocycles. The highest BCUT2D eigenvalue weighted by Crippen LogP contribution is 2.15. The van der Waals surface area contributed by atoms with Gasteiger partial charge in [0.2, 0.25) is 0 Å². The Morgan fingerprint density at radius 2 is 1.92 bits per heavy atom. The van der Waals surface area contributed by atoms with Crippen LogP contribution in [-0.4, -0.2) is 4.43 Å². The Labute approximate surface area is 97.3 Å². The molecular formula is C12H23I. The Hall–Kier alpha value is 0.470. The van der Waals surface area contributed by atoms with Crippen LogP contribution < -0.4 is 0 Å². The molecule has 0 aromatic carbocycles. The summed E-state index contributed by atoms with van der Waals surface area (Å²) in [5, 5.41) is 0. The van der Waals surface area contributed by atoms with E-state index < -0.39 is 0 Å². The highest BCUT2D eigenvalue weighted by Gasteiger charge is 1.99. The quantitative estimate of drug-likeness (QED) is 0.269. The zero-order chi connectivity index (χ0) is 10.1. The SMILES string of the molecule is CC(C)=CCC[C@H](C)CCCCI. The van der Waals surface area contributed by atoms with Gasteiger partial charge >= 0.3 is 0 Å². The predicted molar refractivity (Wildman–Crippen MR) is 70.6 cm³/mol. The summed E-state index contributed by atoms with van der Waals surface area (Å²) in [5.74, 6) is 0.915. The summed E-state index contributed by atoms with van der Waals surface area (Å²) in [6.45, 7) is 6.74. The molecule has 0 fully saturated rings. The molecule has 0 aromatic rings. The maximum Gasteiger partial charge on any atom is -0.000473 e. The van der Waals surface area contributed by atoms with Gasteiger partial charge < -0.3 is 0 Å². The van der Waals surface area contributed by atoms with Crippen molar-refractivity contribution in [3.8, 4) is 0 Å². The van der Waals surface area contributed by atoms with Crippen LogP contribution in [-0.2, 0) is 0 Å². The van der Waals surface area contributed by atoms with Crippen molar-refractivity contribution in [2.75, 3.05) is 4.43 Å². The standard InChI is InChI=1S/C12H23I/c1-11(2)7-6-9-12(3)8-4-5-10-13/h7,12H,4-6,8-10H2,1-3H3/t12-/m1/s1. The molecule has 0 amide bonds. The second-order valence-electron chi connectivity index (χ2n) is 4.15. The maximum absolute atomic E-state index is 2.46. The number of hydrogen-bond acceptors (Lipinski definition) is 0. The predicted octanol–water partition coefficient (Wildman–Crippen LogP) is 4.97. The van der Waals surface area contributed by atoms with Crippen molar-refractivity contribution in [1.29, 1.82) is 0 Å². The van der Waals surface area contributed by atoms with Gasteiger partial charge in [0.15, 0.2) is 0 Å². The molecule has 0 spiro atoms. The molecule has 78 valence electrons. The van der Waals surface area contributed by atoms with E-state index in [9.17, 15) is 0 Å². The van der Waals surface area contributed by atoms with Gasteiger partial charge in [-0.1, -0.05) is 54.0 Å². The van der Waals surface area contributed by atoms with Gasteiger partial charge in [0, 0.05) is 0 Å². The van der Waals surface area contributed by atoms with Gasteiger partial charge in [-0.2, -0.15) is 0 Å². The molecule has 0 aromatic heterocycles. The van der Waals surface area contributed by atoms with Crippen LogP contribution in [0.15, 0.2) is 11.6 Å². The lowest BCUT2D eigenvalue weighted by Crippen LogP contribution is -1.94. The molecule has 0 rings (SSSR count). The largest absolute Gasteiger partial charge is 0.0864 e. The molecule has 0 aliphatic heterocycles. The first-order valence-electron chi connectivity index (χ1n) is 5.36. The smallest absolute Gasteiger partial charge is 0.000473 e. The summed E-state index contributed by atoms with van der Waals surface area (Å²) >= 11 is 2.46. The minimum atomic E-state index is 0.915. The van der Waals surface area contributed by atoms with E-state index in [1.165, 1.54) is 42.1 Å². The van der Waals surface area contributed by atoms with E-state index in [1.54, 1.807) is 0 Å². The first-order chi connectivity index (χ1) is 6.16. The van der Waals surface area contributed by atoms with E-state index in [4.69, 9.17) is 0 Å². The van der Waals surface area contributed by atoms with E-state index in [0.29, 0.717) is 0 Å². The van der Waals surface area contributed by atoms with Crippen molar-refractivity contribution in [3.05, 3.63) is 11.6 Å². The third-order valence-corrected chi connectivity index (χ3v) is 3.06. The normalized spacial score (nSPS) is 12.6. The molecule has 0 saturated heterocycles. The molecule has 0 N–H and O–H groups in total. The summed E-state index contributed by atoms with van der Waals surface area (Å²) in [4.78, 5) is 0. The zero-order valence-electron chi connectivity index (χ0n) is 9.28. The molecule has 0 bridgehead atoms. The Kier molecular flexibility index (Phi) is 9.37. The van der Waals surface area contributed by atoms with Crippen molar-refractivity contribution < 1.29 is 0 Å². The van der Waals surface area contributed by atoms with Crippen molar-refractivity contribution in [1.82, 2.24) is 0 Å². The Morgan fingerprint density at radius 3 is 2.46 bits per heavy atom. The van der Waals surface area contributed by atoms with Crippen molar-refractivity contribution in [2.24, 2.45) is 5.92 Å². The molecule has 0 unspecified atom stereocenters. The van der Waals surface area contributed by atoms with Crippen LogP contribution in [0.4, 0.5) is 0 Å². The lowest BCUT2D eigenvalue weighted by atomic mass is 9.98. The van der Waals surface area contributed by atoms with Crippen LogP contribution in [0.1, 0.15) is 52.9 Å². The summed E-state index contributed by atoms with van der Waals surface area (Å²) in [5.41, 5.74) is 1.46. The van der Waals surface area contributed by atoms with Gasteiger partial charge in [-0.15, -0.1) is 0 Å². The van der Waals surface area contributed by atoms with Crippen LogP contribution in [0.5, 0.6) is 0 Å². The van der Waals surface area contributed by atoms with Crippen LogP contribution in [0.2, 0.25) is 0 Å². The van der Waals surface area contributed by atoms with Gasteiger partial charge in [0.05, 0.1) is 0 Å². The average molecular weight is 294 g/mol. The van der Waals surface area contributed by atoms with E-state index >= 15 is 0 Å². The van der Waals surface area contributed by atoms with Crippen LogP contribution in [0.3, 0.4) is 0 Å². The van der Waals surface area contributed by atoms with Gasteiger partial charge in [-0.25, -0.2) is 0 Å². The molecule has 0 aliphatic rings. The first kappa shape index (κ1) is 13.5. The highest BCUT2D eigenvalue weighted by molar-refractivity contribution is 14.1. The summed E-state index contributed by atoms with van der Waals surface area (Å²) in [6.07, 6.45) is 9.22. The van der Waals surface area contributed by atoms with Gasteiger partial charge in [0.1, 0.15) is 0 Å². The fourth-order valence-corrected chi connectivity index (χ4v) is 1.93. The number of halogens is 1. The summed E-state index contributed by atoms with van der Waals surface area (Å²) in [6, 6.07) is 0. The molecule has 0 nitrogen and oxygen atoms in total. The van der Waals surface area contributed by atoms with Crippen molar-refractivity contribution in [2.45, 2.75) is 52.9 Å². The van der Waals surface area contributed by atoms with Crippen LogP contribution in [0, 0.1) is 5.92 Å². The third kappa shape index (κ3) is 10.4. The monoisotopic (exact) mass is 294 g/mol. The second-order valence-corrected chi connectivity index (χ2v) is 5.23. The lowest BCUT2D eigenvalue weighted by molar-refractivity contribution is 0.477. The van der Waals surface area contributed by atoms with Crippen LogP contribution >= 0.6 is 22.6 Å². The van der Waals surface area contributed by atoms with E-state index in [-0.39, 0.29) is 0 Å². The van der Waals surface area contributed by atoms with Crippen molar-refractivity contribution in [3.63, 3.8) is 0 Å². The molecule has 1 heteroatoms. The highest BCUT2D eigenvalue weighted by atomic mass is 127. The van der Waals surface area contributed by atoms with E-state index in [0.717, 1.165) is 5.92 Å². The lowest BCUT2D eigenvalue weighted by Gasteiger charge is -2.08. The Morgan fingerprint density at radius 1 is 1.23 bits per heavy atom. The van der Waals surface area contributed by atoms with Gasteiger partial charge in [-0.3, -0.25) is 0 Å². The first-order valence-corrected chi connectivity index (χ1v) is 6.88. The number of alkyl halides is 1. The maximum atomic E-state index is 2.46. The molecule has 0 radical (unpaired) electrons. The molecular weight excluding hydrogens is 271 g/mol. The van der Waals surface area contributed by atoms with Gasteiger partial charge in [0.25, 0.3) is 0 Å². The number of rotatable bonds is 7. The fraction of sp³-hybridized carbons (Fsp3) is 0.833. The van der Waals surface area contributed by atoms with E-state index in [2.05, 4.69) is 49.4 Å². The Balaban J connectivity index is 3.30. The molecule has 0 saturated carbocycles.